The number of fused-ring (bicyclic) bond motifs is 1. The van der Waals surface area contributed by atoms with Gasteiger partial charge in [-0.15, -0.1) is 10.2 Å². The first-order valence-corrected chi connectivity index (χ1v) is 15.9. The molecule has 0 spiro atoms. The Kier molecular flexibility index (Phi) is 8.60. The van der Waals surface area contributed by atoms with Crippen LogP contribution in [0, 0.1) is 0 Å². The van der Waals surface area contributed by atoms with Crippen molar-refractivity contribution in [2.45, 2.75) is 29.5 Å². The summed E-state index contributed by atoms with van der Waals surface area (Å²) in [5, 5.41) is 21.3. The highest BCUT2D eigenvalue weighted by Gasteiger charge is 2.47. The van der Waals surface area contributed by atoms with Crippen molar-refractivity contribution in [3.05, 3.63) is 106 Å². The van der Waals surface area contributed by atoms with Crippen molar-refractivity contribution in [1.82, 2.24) is 10.2 Å². The zero-order valence-corrected chi connectivity index (χ0v) is 26.0. The smallest absolute Gasteiger partial charge is 0.296 e. The molecule has 5 aromatic rings. The molecule has 0 bridgehead atoms. The van der Waals surface area contributed by atoms with Crippen molar-refractivity contribution >= 4 is 62.5 Å². The molecular formula is C32H26ClN3O6S2. The third kappa shape index (κ3) is 5.66. The number of hydrogen-bond acceptors (Lipinski definition) is 10. The van der Waals surface area contributed by atoms with Gasteiger partial charge in [0.25, 0.3) is 5.91 Å². The number of furan rings is 1. The minimum Gasteiger partial charge on any atom is -0.503 e. The van der Waals surface area contributed by atoms with E-state index in [1.807, 2.05) is 31.2 Å². The molecule has 6 rings (SSSR count). The summed E-state index contributed by atoms with van der Waals surface area (Å²) >= 11 is 8.91. The molecule has 0 fully saturated rings. The van der Waals surface area contributed by atoms with Crippen LogP contribution < -0.4 is 14.4 Å². The first-order chi connectivity index (χ1) is 21.4. The number of aromatic nitrogens is 2. The van der Waals surface area contributed by atoms with Crippen molar-refractivity contribution in [2.75, 3.05) is 18.6 Å². The molecule has 0 aliphatic carbocycles. The van der Waals surface area contributed by atoms with Crippen molar-refractivity contribution in [3.63, 3.8) is 0 Å². The summed E-state index contributed by atoms with van der Waals surface area (Å²) in [5.41, 5.74) is 1.73. The lowest BCUT2D eigenvalue weighted by Crippen LogP contribution is -2.31. The molecule has 3 heterocycles. The largest absolute Gasteiger partial charge is 0.503 e. The normalized spacial score (nSPS) is 14.9. The number of halogens is 1. The molecule has 12 heteroatoms. The lowest BCUT2D eigenvalue weighted by Gasteiger charge is -2.24. The summed E-state index contributed by atoms with van der Waals surface area (Å²) in [4.78, 5) is 29.1. The topological polar surface area (TPSA) is 115 Å². The number of aliphatic hydroxyl groups is 1. The Labute approximate surface area is 266 Å². The molecule has 1 amide bonds. The van der Waals surface area contributed by atoms with Crippen molar-refractivity contribution in [2.24, 2.45) is 0 Å². The molecule has 44 heavy (non-hydrogen) atoms. The number of carbonyl (C=O) groups excluding carboxylic acids is 2. The number of benzene rings is 3. The number of anilines is 1. The van der Waals surface area contributed by atoms with Gasteiger partial charge in [0.1, 0.15) is 5.75 Å². The number of hydrogen-bond donors (Lipinski definition) is 1. The lowest BCUT2D eigenvalue weighted by atomic mass is 9.95. The molecule has 1 atom stereocenters. The van der Waals surface area contributed by atoms with Crippen LogP contribution in [0.25, 0.3) is 11.0 Å². The lowest BCUT2D eigenvalue weighted by molar-refractivity contribution is -0.117. The van der Waals surface area contributed by atoms with Gasteiger partial charge < -0.3 is 19.0 Å². The number of thioether (sulfide) groups is 1. The molecule has 0 radical (unpaired) electrons. The number of Topliss-reactive ketones (excluding diaryl/α,β-unsaturated/α-hetero) is 1. The number of methoxy groups -OCH3 is 1. The fraction of sp³-hybridized carbons (Fsp3) is 0.188. The van der Waals surface area contributed by atoms with E-state index in [0.717, 1.165) is 12.0 Å². The number of carbonyl (C=O) groups is 2. The van der Waals surface area contributed by atoms with Crippen LogP contribution in [0.5, 0.6) is 11.5 Å². The molecule has 1 unspecified atom stereocenters. The maximum atomic E-state index is 14.1. The van der Waals surface area contributed by atoms with E-state index in [0.29, 0.717) is 49.8 Å². The van der Waals surface area contributed by atoms with E-state index in [1.54, 1.807) is 48.5 Å². The Morgan fingerprint density at radius 3 is 2.73 bits per heavy atom. The van der Waals surface area contributed by atoms with E-state index in [2.05, 4.69) is 10.2 Å². The molecule has 0 saturated heterocycles. The van der Waals surface area contributed by atoms with Crippen LogP contribution in [0.4, 0.5) is 5.13 Å². The standard InChI is InChI=1S/C32H26ClN3O6S2/c1-3-14-41-21-11-6-9-18(15-21)26-25(27(37)24-16-19-10-7-13-23(40-2)29(19)42-24)28(38)30(39)36(26)31-34-35-32(44-31)43-17-20-8-4-5-12-22(20)33/h4-13,15-16,26,38H,3,14,17H2,1-2H3. The summed E-state index contributed by atoms with van der Waals surface area (Å²) in [7, 11) is 1.51. The predicted molar refractivity (Wildman–Crippen MR) is 170 cm³/mol. The highest BCUT2D eigenvalue weighted by molar-refractivity contribution is 8.00. The highest BCUT2D eigenvalue weighted by atomic mass is 35.5. The van der Waals surface area contributed by atoms with Gasteiger partial charge in [-0.05, 0) is 47.9 Å². The zero-order chi connectivity index (χ0) is 30.8. The second kappa shape index (κ2) is 12.7. The summed E-state index contributed by atoms with van der Waals surface area (Å²) in [6.45, 7) is 2.49. The van der Waals surface area contributed by atoms with Crippen LogP contribution in [0.1, 0.15) is 41.1 Å². The van der Waals surface area contributed by atoms with Crippen LogP contribution in [0.15, 0.2) is 92.9 Å². The fourth-order valence-corrected chi connectivity index (χ4v) is 7.05. The number of ketones is 1. The fourth-order valence-electron chi connectivity index (χ4n) is 4.90. The number of amides is 1. The third-order valence-electron chi connectivity index (χ3n) is 6.96. The van der Waals surface area contributed by atoms with Gasteiger partial charge in [-0.25, -0.2) is 0 Å². The maximum Gasteiger partial charge on any atom is 0.296 e. The Morgan fingerprint density at radius 1 is 1.11 bits per heavy atom. The summed E-state index contributed by atoms with van der Waals surface area (Å²) in [6, 6.07) is 20.4. The molecule has 2 aromatic heterocycles. The maximum absolute atomic E-state index is 14.1. The van der Waals surface area contributed by atoms with Crippen molar-refractivity contribution in [1.29, 1.82) is 0 Å². The molecule has 224 valence electrons. The third-order valence-corrected chi connectivity index (χ3v) is 9.44. The quantitative estimate of drug-likeness (QED) is 0.0870. The van der Waals surface area contributed by atoms with Gasteiger partial charge >= 0.3 is 0 Å². The molecule has 9 nitrogen and oxygen atoms in total. The Bertz CT molecular complexity index is 1900. The molecule has 1 aliphatic heterocycles. The van der Waals surface area contributed by atoms with E-state index in [9.17, 15) is 14.7 Å². The van der Waals surface area contributed by atoms with Gasteiger partial charge in [0.2, 0.25) is 10.9 Å². The monoisotopic (exact) mass is 647 g/mol. The molecule has 1 aliphatic rings. The van der Waals surface area contributed by atoms with Gasteiger partial charge in [0, 0.05) is 16.2 Å². The SMILES string of the molecule is CCCOc1cccc(C2C(C(=O)c3cc4cccc(OC)c4o3)=C(O)C(=O)N2c2nnc(SCc3ccccc3Cl)s2)c1. The second-order valence-corrected chi connectivity index (χ2v) is 12.4. The molecule has 1 N–H and O–H groups in total. The highest BCUT2D eigenvalue weighted by Crippen LogP contribution is 2.45. The minimum absolute atomic E-state index is 0.0441. The van der Waals surface area contributed by atoms with E-state index in [1.165, 1.54) is 35.1 Å². The molecular weight excluding hydrogens is 622 g/mol. The molecule has 0 saturated carbocycles. The van der Waals surface area contributed by atoms with E-state index in [-0.39, 0.29) is 16.5 Å². The van der Waals surface area contributed by atoms with Gasteiger partial charge in [-0.3, -0.25) is 14.5 Å². The van der Waals surface area contributed by atoms with E-state index < -0.39 is 23.5 Å². The average Bonchev–Trinajstić information content (AvgIpc) is 3.76. The predicted octanol–water partition coefficient (Wildman–Crippen LogP) is 7.81. The van der Waals surface area contributed by atoms with Crippen LogP contribution in [0.3, 0.4) is 0 Å². The van der Waals surface area contributed by atoms with Gasteiger partial charge in [0.15, 0.2) is 27.2 Å². The summed E-state index contributed by atoms with van der Waals surface area (Å²) in [5.74, 6) is -0.575. The van der Waals surface area contributed by atoms with Gasteiger partial charge in [0.05, 0.1) is 25.3 Å². The number of rotatable bonds is 11. The van der Waals surface area contributed by atoms with Crippen LogP contribution >= 0.6 is 34.7 Å². The number of nitrogens with zero attached hydrogens (tertiary/aromatic N) is 3. The Hall–Kier alpha value is -4.32. The van der Waals surface area contributed by atoms with Crippen molar-refractivity contribution in [3.8, 4) is 11.5 Å². The zero-order valence-electron chi connectivity index (χ0n) is 23.7. The Morgan fingerprint density at radius 2 is 1.93 bits per heavy atom. The number of aliphatic hydroxyl groups excluding tert-OH is 1. The minimum atomic E-state index is -1.02. The van der Waals surface area contributed by atoms with Gasteiger partial charge in [-0.1, -0.05) is 84.1 Å². The molecule has 3 aromatic carbocycles. The van der Waals surface area contributed by atoms with Crippen molar-refractivity contribution < 1.29 is 28.6 Å². The van der Waals surface area contributed by atoms with E-state index in [4.69, 9.17) is 25.5 Å². The van der Waals surface area contributed by atoms with E-state index >= 15 is 0 Å². The summed E-state index contributed by atoms with van der Waals surface area (Å²) in [6.07, 6.45) is 0.803. The Balaban J connectivity index is 1.39. The summed E-state index contributed by atoms with van der Waals surface area (Å²) < 4.78 is 17.7. The number of para-hydroxylation sites is 1. The van der Waals surface area contributed by atoms with Gasteiger partial charge in [-0.2, -0.15) is 0 Å². The first-order valence-electron chi connectivity index (χ1n) is 13.7. The second-order valence-electron chi connectivity index (χ2n) is 9.81. The number of ether oxygens (including phenoxy) is 2. The van der Waals surface area contributed by atoms with Crippen LogP contribution in [0.2, 0.25) is 5.02 Å². The first kappa shape index (κ1) is 29.7. The van der Waals surface area contributed by atoms with Crippen LogP contribution in [-0.4, -0.2) is 40.7 Å². The average molecular weight is 648 g/mol. The van der Waals surface area contributed by atoms with Crippen LogP contribution in [-0.2, 0) is 10.5 Å².